The van der Waals surface area contributed by atoms with Crippen LogP contribution in [0.25, 0.3) is 0 Å². The van der Waals surface area contributed by atoms with Crippen molar-refractivity contribution in [1.82, 2.24) is 4.90 Å². The molecule has 4 heteroatoms. The molecular formula is C9H17NO3. The average Bonchev–Trinajstić information content (AvgIpc) is 2.53. The highest BCUT2D eigenvalue weighted by Gasteiger charge is 2.30. The SMILES string of the molecule is CCC(C(=O)O)N1CCC(OC)C1. The Hall–Kier alpha value is -0.610. The van der Waals surface area contributed by atoms with E-state index in [2.05, 4.69) is 0 Å². The Kier molecular flexibility index (Phi) is 3.69. The number of ether oxygens (including phenoxy) is 1. The monoisotopic (exact) mass is 187 g/mol. The molecule has 1 saturated heterocycles. The van der Waals surface area contributed by atoms with E-state index in [0.29, 0.717) is 6.42 Å². The first-order valence-electron chi connectivity index (χ1n) is 4.68. The Morgan fingerprint density at radius 2 is 2.46 bits per heavy atom. The highest BCUT2D eigenvalue weighted by Crippen LogP contribution is 2.16. The normalized spacial score (nSPS) is 26.2. The first-order chi connectivity index (χ1) is 6.19. The first kappa shape index (κ1) is 10.5. The Morgan fingerprint density at radius 3 is 2.85 bits per heavy atom. The molecule has 0 aromatic carbocycles. The zero-order chi connectivity index (χ0) is 9.84. The molecule has 0 amide bonds. The molecule has 1 aliphatic heterocycles. The summed E-state index contributed by atoms with van der Waals surface area (Å²) in [5, 5.41) is 8.91. The number of nitrogens with zero attached hydrogens (tertiary/aromatic N) is 1. The lowest BCUT2D eigenvalue weighted by Gasteiger charge is -2.22. The molecule has 0 aromatic heterocycles. The molecule has 13 heavy (non-hydrogen) atoms. The molecule has 0 spiro atoms. The van der Waals surface area contributed by atoms with E-state index < -0.39 is 5.97 Å². The van der Waals surface area contributed by atoms with Gasteiger partial charge in [-0.1, -0.05) is 6.92 Å². The summed E-state index contributed by atoms with van der Waals surface area (Å²) in [6.07, 6.45) is 1.82. The van der Waals surface area contributed by atoms with E-state index in [1.54, 1.807) is 7.11 Å². The van der Waals surface area contributed by atoms with E-state index in [1.807, 2.05) is 11.8 Å². The highest BCUT2D eigenvalue weighted by molar-refractivity contribution is 5.73. The van der Waals surface area contributed by atoms with Crippen LogP contribution in [-0.4, -0.2) is 48.3 Å². The van der Waals surface area contributed by atoms with Crippen molar-refractivity contribution in [1.29, 1.82) is 0 Å². The van der Waals surface area contributed by atoms with E-state index in [-0.39, 0.29) is 12.1 Å². The third-order valence-electron chi connectivity index (χ3n) is 2.62. The summed E-state index contributed by atoms with van der Waals surface area (Å²) >= 11 is 0. The molecule has 0 radical (unpaired) electrons. The van der Waals surface area contributed by atoms with Crippen LogP contribution in [-0.2, 0) is 9.53 Å². The van der Waals surface area contributed by atoms with Crippen molar-refractivity contribution in [2.75, 3.05) is 20.2 Å². The molecule has 4 nitrogen and oxygen atoms in total. The number of aliphatic carboxylic acids is 1. The van der Waals surface area contributed by atoms with Crippen LogP contribution in [0.1, 0.15) is 19.8 Å². The van der Waals surface area contributed by atoms with E-state index in [4.69, 9.17) is 9.84 Å². The smallest absolute Gasteiger partial charge is 0.320 e. The summed E-state index contributed by atoms with van der Waals surface area (Å²) in [5.74, 6) is -0.723. The van der Waals surface area contributed by atoms with Gasteiger partial charge in [-0.05, 0) is 12.8 Å². The van der Waals surface area contributed by atoms with Gasteiger partial charge < -0.3 is 9.84 Å². The third-order valence-corrected chi connectivity index (χ3v) is 2.62. The zero-order valence-corrected chi connectivity index (χ0v) is 8.19. The maximum atomic E-state index is 10.8. The molecule has 0 aliphatic carbocycles. The molecule has 1 rings (SSSR count). The van der Waals surface area contributed by atoms with Crippen LogP contribution in [0.4, 0.5) is 0 Å². The number of carboxylic acid groups (broad SMARTS) is 1. The number of hydrogen-bond donors (Lipinski definition) is 1. The summed E-state index contributed by atoms with van der Waals surface area (Å²) in [6, 6.07) is -0.333. The van der Waals surface area contributed by atoms with Gasteiger partial charge in [0.1, 0.15) is 6.04 Å². The maximum Gasteiger partial charge on any atom is 0.320 e. The fraction of sp³-hybridized carbons (Fsp3) is 0.889. The lowest BCUT2D eigenvalue weighted by atomic mass is 10.2. The molecule has 76 valence electrons. The van der Waals surface area contributed by atoms with Crippen LogP contribution in [0.5, 0.6) is 0 Å². The van der Waals surface area contributed by atoms with E-state index >= 15 is 0 Å². The van der Waals surface area contributed by atoms with Gasteiger partial charge in [-0.25, -0.2) is 0 Å². The van der Waals surface area contributed by atoms with E-state index in [0.717, 1.165) is 19.5 Å². The molecule has 1 aliphatic rings. The van der Waals surface area contributed by atoms with Crippen molar-refractivity contribution in [2.24, 2.45) is 0 Å². The second kappa shape index (κ2) is 4.58. The van der Waals surface area contributed by atoms with Crippen LogP contribution < -0.4 is 0 Å². The van der Waals surface area contributed by atoms with Crippen molar-refractivity contribution in [3.05, 3.63) is 0 Å². The van der Waals surface area contributed by atoms with Crippen molar-refractivity contribution < 1.29 is 14.6 Å². The van der Waals surface area contributed by atoms with Crippen LogP contribution in [0.3, 0.4) is 0 Å². The first-order valence-corrected chi connectivity index (χ1v) is 4.68. The van der Waals surface area contributed by atoms with Crippen LogP contribution >= 0.6 is 0 Å². The predicted octanol–water partition coefficient (Wildman–Crippen LogP) is 0.570. The number of rotatable bonds is 4. The van der Waals surface area contributed by atoms with Crippen molar-refractivity contribution in [3.8, 4) is 0 Å². The van der Waals surface area contributed by atoms with Gasteiger partial charge in [0.2, 0.25) is 0 Å². The molecule has 2 unspecified atom stereocenters. The molecule has 0 aromatic rings. The van der Waals surface area contributed by atoms with E-state index in [9.17, 15) is 4.79 Å². The van der Waals surface area contributed by atoms with Crippen molar-refractivity contribution in [3.63, 3.8) is 0 Å². The quantitative estimate of drug-likeness (QED) is 0.699. The molecule has 0 saturated carbocycles. The zero-order valence-electron chi connectivity index (χ0n) is 8.19. The summed E-state index contributed by atoms with van der Waals surface area (Å²) in [5.41, 5.74) is 0. The largest absolute Gasteiger partial charge is 0.480 e. The fourth-order valence-electron chi connectivity index (χ4n) is 1.82. The molecule has 2 atom stereocenters. The van der Waals surface area contributed by atoms with Crippen LogP contribution in [0, 0.1) is 0 Å². The number of carbonyl (C=O) groups is 1. The Bertz CT molecular complexity index is 184. The topological polar surface area (TPSA) is 49.8 Å². The molecule has 1 N–H and O–H groups in total. The van der Waals surface area contributed by atoms with Gasteiger partial charge in [-0.15, -0.1) is 0 Å². The van der Waals surface area contributed by atoms with Gasteiger partial charge in [-0.2, -0.15) is 0 Å². The van der Waals surface area contributed by atoms with Gasteiger partial charge >= 0.3 is 5.97 Å². The highest BCUT2D eigenvalue weighted by atomic mass is 16.5. The van der Waals surface area contributed by atoms with E-state index in [1.165, 1.54) is 0 Å². The predicted molar refractivity (Wildman–Crippen MR) is 48.7 cm³/mol. The molecule has 1 heterocycles. The van der Waals surface area contributed by atoms with Gasteiger partial charge in [-0.3, -0.25) is 9.69 Å². The molecular weight excluding hydrogens is 170 g/mol. The Labute approximate surface area is 78.5 Å². The third kappa shape index (κ3) is 2.42. The summed E-state index contributed by atoms with van der Waals surface area (Å²) in [4.78, 5) is 12.8. The van der Waals surface area contributed by atoms with Crippen molar-refractivity contribution in [2.45, 2.75) is 31.9 Å². The Balaban J connectivity index is 2.48. The second-order valence-electron chi connectivity index (χ2n) is 3.40. The minimum absolute atomic E-state index is 0.216. The molecule has 0 bridgehead atoms. The second-order valence-corrected chi connectivity index (χ2v) is 3.40. The standard InChI is InChI=1S/C9H17NO3/c1-3-8(9(11)12)10-5-4-7(6-10)13-2/h7-8H,3-6H2,1-2H3,(H,11,12). The van der Waals surface area contributed by atoms with Gasteiger partial charge in [0, 0.05) is 20.2 Å². The van der Waals surface area contributed by atoms with Gasteiger partial charge in [0.15, 0.2) is 0 Å². The maximum absolute atomic E-state index is 10.8. The number of methoxy groups -OCH3 is 1. The summed E-state index contributed by atoms with van der Waals surface area (Å²) in [7, 11) is 1.68. The lowest BCUT2D eigenvalue weighted by Crippen LogP contribution is -2.39. The van der Waals surface area contributed by atoms with Crippen LogP contribution in [0.15, 0.2) is 0 Å². The number of carboxylic acids is 1. The van der Waals surface area contributed by atoms with Gasteiger partial charge in [0.05, 0.1) is 6.10 Å². The number of likely N-dealkylation sites (tertiary alicyclic amines) is 1. The summed E-state index contributed by atoms with van der Waals surface area (Å²) in [6.45, 7) is 3.49. The lowest BCUT2D eigenvalue weighted by molar-refractivity contribution is -0.143. The summed E-state index contributed by atoms with van der Waals surface area (Å²) < 4.78 is 5.18. The average molecular weight is 187 g/mol. The fourth-order valence-corrected chi connectivity index (χ4v) is 1.82. The minimum Gasteiger partial charge on any atom is -0.480 e. The Morgan fingerprint density at radius 1 is 1.77 bits per heavy atom. The molecule has 1 fully saturated rings. The van der Waals surface area contributed by atoms with Crippen LogP contribution in [0.2, 0.25) is 0 Å². The van der Waals surface area contributed by atoms with Gasteiger partial charge in [0.25, 0.3) is 0 Å². The minimum atomic E-state index is -0.723. The number of hydrogen-bond acceptors (Lipinski definition) is 3. The van der Waals surface area contributed by atoms with Crippen molar-refractivity contribution >= 4 is 5.97 Å².